The van der Waals surface area contributed by atoms with Gasteiger partial charge in [-0.05, 0) is 52.3 Å². The van der Waals surface area contributed by atoms with Crippen LogP contribution >= 0.6 is 15.9 Å². The number of sulfonamides is 1. The number of benzene rings is 1. The number of furan rings is 1. The fourth-order valence-electron chi connectivity index (χ4n) is 2.20. The third-order valence-electron chi connectivity index (χ3n) is 3.45. The summed E-state index contributed by atoms with van der Waals surface area (Å²) in [7, 11) is -3.86. The molecule has 1 aliphatic heterocycles. The summed E-state index contributed by atoms with van der Waals surface area (Å²) in [6.45, 7) is 0.194. The summed E-state index contributed by atoms with van der Waals surface area (Å²) >= 11 is 3.10. The van der Waals surface area contributed by atoms with Crippen LogP contribution < -0.4 is 10.0 Å². The largest absolute Gasteiger partial charge is 0.464 e. The standard InChI is InChI=1S/C15H13BrN2O6S/c16-13-6-5-12(24-13)14(19)17-9-1-3-10(4-2-9)25(21,22)18-11-7-8-23-15(11)20/h1-6,11,18H,7-8H2,(H,17,19). The molecule has 0 spiro atoms. The van der Waals surface area contributed by atoms with Gasteiger partial charge in [0.15, 0.2) is 10.4 Å². The van der Waals surface area contributed by atoms with Crippen molar-refractivity contribution in [3.05, 3.63) is 46.8 Å². The molecule has 0 aliphatic carbocycles. The summed E-state index contributed by atoms with van der Waals surface area (Å²) in [5.41, 5.74) is 0.400. The lowest BCUT2D eigenvalue weighted by molar-refractivity contribution is -0.139. The maximum Gasteiger partial charge on any atom is 0.324 e. The third kappa shape index (κ3) is 4.09. The van der Waals surface area contributed by atoms with E-state index in [2.05, 4.69) is 26.0 Å². The first-order valence-corrected chi connectivity index (χ1v) is 9.48. The molecule has 8 nitrogen and oxygen atoms in total. The molecule has 1 unspecified atom stereocenters. The number of rotatable bonds is 5. The topological polar surface area (TPSA) is 115 Å². The number of ether oxygens (including phenoxy) is 1. The van der Waals surface area contributed by atoms with Gasteiger partial charge in [0.05, 0.1) is 11.5 Å². The summed E-state index contributed by atoms with van der Waals surface area (Å²) in [5, 5.41) is 2.59. The molecular weight excluding hydrogens is 416 g/mol. The van der Waals surface area contributed by atoms with Crippen LogP contribution in [0.5, 0.6) is 0 Å². The number of carbonyl (C=O) groups excluding carboxylic acids is 2. The Labute approximate surface area is 151 Å². The van der Waals surface area contributed by atoms with Crippen LogP contribution in [-0.2, 0) is 19.6 Å². The smallest absolute Gasteiger partial charge is 0.324 e. The number of halogens is 1. The van der Waals surface area contributed by atoms with E-state index in [1.807, 2.05) is 0 Å². The second-order valence-electron chi connectivity index (χ2n) is 5.21. The van der Waals surface area contributed by atoms with Crippen LogP contribution in [0.25, 0.3) is 0 Å². The van der Waals surface area contributed by atoms with Crippen LogP contribution in [0.1, 0.15) is 17.0 Å². The Bertz CT molecular complexity index is 906. The molecule has 0 radical (unpaired) electrons. The normalized spacial score (nSPS) is 17.3. The Balaban J connectivity index is 1.69. The van der Waals surface area contributed by atoms with Crippen molar-refractivity contribution in [3.63, 3.8) is 0 Å². The minimum atomic E-state index is -3.86. The summed E-state index contributed by atoms with van der Waals surface area (Å²) in [5.74, 6) is -0.935. The maximum absolute atomic E-state index is 12.3. The molecule has 25 heavy (non-hydrogen) atoms. The number of hydrogen-bond donors (Lipinski definition) is 2. The number of cyclic esters (lactones) is 1. The first-order chi connectivity index (χ1) is 11.8. The van der Waals surface area contributed by atoms with E-state index in [-0.39, 0.29) is 17.3 Å². The highest BCUT2D eigenvalue weighted by molar-refractivity contribution is 9.10. The van der Waals surface area contributed by atoms with E-state index in [0.717, 1.165) is 0 Å². The van der Waals surface area contributed by atoms with Crippen molar-refractivity contribution in [1.82, 2.24) is 4.72 Å². The van der Waals surface area contributed by atoms with Gasteiger partial charge in [0.2, 0.25) is 10.0 Å². The van der Waals surface area contributed by atoms with Gasteiger partial charge < -0.3 is 14.5 Å². The lowest BCUT2D eigenvalue weighted by Gasteiger charge is -2.10. The van der Waals surface area contributed by atoms with E-state index < -0.39 is 27.9 Å². The SMILES string of the molecule is O=C(Nc1ccc(S(=O)(=O)NC2CCOC2=O)cc1)c1ccc(Br)o1. The molecule has 1 atom stereocenters. The average Bonchev–Trinajstić information content (AvgIpc) is 3.17. The zero-order valence-electron chi connectivity index (χ0n) is 12.7. The summed E-state index contributed by atoms with van der Waals surface area (Å²) in [4.78, 5) is 23.3. The molecule has 1 saturated heterocycles. The number of amides is 1. The fourth-order valence-corrected chi connectivity index (χ4v) is 3.73. The highest BCUT2D eigenvalue weighted by Crippen LogP contribution is 2.19. The molecule has 1 aliphatic rings. The Kier molecular flexibility index (Phi) is 4.93. The number of anilines is 1. The molecular formula is C15H13BrN2O6S. The quantitative estimate of drug-likeness (QED) is 0.702. The number of nitrogens with one attached hydrogen (secondary N) is 2. The minimum absolute atomic E-state index is 0.0223. The highest BCUT2D eigenvalue weighted by atomic mass is 79.9. The van der Waals surface area contributed by atoms with E-state index in [9.17, 15) is 18.0 Å². The molecule has 132 valence electrons. The van der Waals surface area contributed by atoms with Crippen molar-refractivity contribution in [2.45, 2.75) is 17.4 Å². The second kappa shape index (κ2) is 6.98. The first-order valence-electron chi connectivity index (χ1n) is 7.21. The molecule has 3 rings (SSSR count). The summed E-state index contributed by atoms with van der Waals surface area (Å²) in [6.07, 6.45) is 0.297. The van der Waals surface area contributed by atoms with Crippen LogP contribution in [0, 0.1) is 0 Å². The molecule has 2 heterocycles. The Morgan fingerprint density at radius 2 is 1.88 bits per heavy atom. The van der Waals surface area contributed by atoms with E-state index in [4.69, 9.17) is 9.15 Å². The Morgan fingerprint density at radius 1 is 1.16 bits per heavy atom. The van der Waals surface area contributed by atoms with Gasteiger partial charge >= 0.3 is 5.97 Å². The third-order valence-corrected chi connectivity index (χ3v) is 5.37. The van der Waals surface area contributed by atoms with Crippen LogP contribution in [0.2, 0.25) is 0 Å². The number of esters is 1. The molecule has 1 fully saturated rings. The van der Waals surface area contributed by atoms with E-state index >= 15 is 0 Å². The summed E-state index contributed by atoms with van der Waals surface area (Å²) < 4.78 is 37.1. The molecule has 1 amide bonds. The van der Waals surface area contributed by atoms with Crippen LogP contribution in [0.3, 0.4) is 0 Å². The molecule has 2 aromatic rings. The van der Waals surface area contributed by atoms with E-state index in [1.165, 1.54) is 30.3 Å². The fraction of sp³-hybridized carbons (Fsp3) is 0.200. The van der Waals surface area contributed by atoms with Gasteiger partial charge in [0, 0.05) is 12.1 Å². The highest BCUT2D eigenvalue weighted by Gasteiger charge is 2.31. The monoisotopic (exact) mass is 428 g/mol. The van der Waals surface area contributed by atoms with Crippen molar-refractivity contribution >= 4 is 43.5 Å². The summed E-state index contributed by atoms with van der Waals surface area (Å²) in [6, 6.07) is 7.76. The Morgan fingerprint density at radius 3 is 2.44 bits per heavy atom. The molecule has 1 aromatic heterocycles. The van der Waals surface area contributed by atoms with Crippen molar-refractivity contribution in [3.8, 4) is 0 Å². The van der Waals surface area contributed by atoms with Crippen molar-refractivity contribution < 1.29 is 27.2 Å². The minimum Gasteiger partial charge on any atom is -0.464 e. The lowest BCUT2D eigenvalue weighted by atomic mass is 10.3. The average molecular weight is 429 g/mol. The predicted octanol–water partition coefficient (Wildman–Crippen LogP) is 1.89. The molecule has 1 aromatic carbocycles. The van der Waals surface area contributed by atoms with Gasteiger partial charge in [0.25, 0.3) is 5.91 Å². The van der Waals surface area contributed by atoms with Crippen LogP contribution in [0.15, 0.2) is 50.4 Å². The van der Waals surface area contributed by atoms with E-state index in [0.29, 0.717) is 16.8 Å². The molecule has 0 saturated carbocycles. The molecule has 2 N–H and O–H groups in total. The van der Waals surface area contributed by atoms with Gasteiger partial charge in [-0.1, -0.05) is 0 Å². The predicted molar refractivity (Wildman–Crippen MR) is 90.5 cm³/mol. The van der Waals surface area contributed by atoms with Gasteiger partial charge in [-0.25, -0.2) is 8.42 Å². The van der Waals surface area contributed by atoms with Crippen LogP contribution in [0.4, 0.5) is 5.69 Å². The van der Waals surface area contributed by atoms with Gasteiger partial charge in [0.1, 0.15) is 6.04 Å². The van der Waals surface area contributed by atoms with Gasteiger partial charge in [-0.15, -0.1) is 0 Å². The van der Waals surface area contributed by atoms with Gasteiger partial charge in [-0.2, -0.15) is 4.72 Å². The Hall–Kier alpha value is -2.17. The van der Waals surface area contributed by atoms with Crippen molar-refractivity contribution in [1.29, 1.82) is 0 Å². The first kappa shape index (κ1) is 17.6. The number of hydrogen-bond acceptors (Lipinski definition) is 6. The zero-order valence-corrected chi connectivity index (χ0v) is 15.1. The van der Waals surface area contributed by atoms with Gasteiger partial charge in [-0.3, -0.25) is 9.59 Å². The zero-order chi connectivity index (χ0) is 18.0. The maximum atomic E-state index is 12.3. The van der Waals surface area contributed by atoms with Crippen LogP contribution in [-0.4, -0.2) is 32.9 Å². The lowest BCUT2D eigenvalue weighted by Crippen LogP contribution is -2.37. The second-order valence-corrected chi connectivity index (χ2v) is 7.71. The van der Waals surface area contributed by atoms with Crippen molar-refractivity contribution in [2.75, 3.05) is 11.9 Å². The molecule has 0 bridgehead atoms. The number of carbonyl (C=O) groups is 2. The molecule has 10 heteroatoms. The van der Waals surface area contributed by atoms with Crippen molar-refractivity contribution in [2.24, 2.45) is 0 Å². The van der Waals surface area contributed by atoms with E-state index in [1.54, 1.807) is 6.07 Å².